The van der Waals surface area contributed by atoms with Crippen molar-refractivity contribution in [3.8, 4) is 0 Å². The van der Waals surface area contributed by atoms with Crippen LogP contribution < -0.4 is 0 Å². The Hall–Kier alpha value is -0.410. The monoisotopic (exact) mass is 211 g/mol. The highest BCUT2D eigenvalue weighted by Crippen LogP contribution is 2.42. The molecule has 1 aliphatic carbocycles. The summed E-state index contributed by atoms with van der Waals surface area (Å²) in [6.45, 7) is 2.05. The lowest BCUT2D eigenvalue weighted by Crippen LogP contribution is -2.33. The zero-order valence-electron chi connectivity index (χ0n) is 8.57. The first kappa shape index (κ1) is 10.1. The molecule has 1 atom stereocenters. The van der Waals surface area contributed by atoms with Crippen molar-refractivity contribution in [2.24, 2.45) is 5.92 Å². The van der Waals surface area contributed by atoms with Crippen molar-refractivity contribution in [1.29, 1.82) is 0 Å². The summed E-state index contributed by atoms with van der Waals surface area (Å²) in [5.41, 5.74) is 2.04. The molecule has 0 radical (unpaired) electrons. The Labute approximate surface area is 89.0 Å². The lowest BCUT2D eigenvalue weighted by atomic mass is 9.81. The molecule has 1 fully saturated rings. The minimum atomic E-state index is -0.656. The van der Waals surface area contributed by atoms with Gasteiger partial charge in [-0.3, -0.25) is 0 Å². The van der Waals surface area contributed by atoms with Crippen LogP contribution in [0, 0.1) is 5.92 Å². The third kappa shape index (κ3) is 1.59. The van der Waals surface area contributed by atoms with Crippen molar-refractivity contribution in [2.45, 2.75) is 44.6 Å². The predicted octanol–water partition coefficient (Wildman–Crippen LogP) is 2.93. The molecule has 2 rings (SSSR count). The van der Waals surface area contributed by atoms with E-state index < -0.39 is 5.60 Å². The van der Waals surface area contributed by atoms with Gasteiger partial charge in [-0.05, 0) is 25.2 Å². The number of rotatable bonds is 3. The summed E-state index contributed by atoms with van der Waals surface area (Å²) in [7, 11) is 0. The van der Waals surface area contributed by atoms with Crippen LogP contribution in [-0.4, -0.2) is 10.1 Å². The van der Waals surface area contributed by atoms with Crippen molar-refractivity contribution in [2.75, 3.05) is 0 Å². The van der Waals surface area contributed by atoms with Gasteiger partial charge in [0.1, 0.15) is 5.60 Å². The molecule has 0 amide bonds. The maximum atomic E-state index is 10.6. The molecule has 0 spiro atoms. The molecule has 1 unspecified atom stereocenters. The molecule has 1 aromatic rings. The van der Waals surface area contributed by atoms with Crippen molar-refractivity contribution < 1.29 is 5.11 Å². The maximum absolute atomic E-state index is 10.6. The molecule has 0 aliphatic heterocycles. The van der Waals surface area contributed by atoms with E-state index in [1.165, 1.54) is 12.8 Å². The third-order valence-corrected chi connectivity index (χ3v) is 4.03. The lowest BCUT2D eigenvalue weighted by Gasteiger charge is -2.31. The van der Waals surface area contributed by atoms with Gasteiger partial charge in [-0.1, -0.05) is 19.8 Å². The molecular formula is C11H17NOS. The number of hydrogen-bond donors (Lipinski definition) is 1. The van der Waals surface area contributed by atoms with Gasteiger partial charge in [-0.2, -0.15) is 0 Å². The van der Waals surface area contributed by atoms with Crippen molar-refractivity contribution >= 4 is 11.3 Å². The summed E-state index contributed by atoms with van der Waals surface area (Å²) in [5, 5.41) is 12.6. The molecule has 1 heterocycles. The fraction of sp³-hybridized carbons (Fsp3) is 0.727. The van der Waals surface area contributed by atoms with Gasteiger partial charge >= 0.3 is 0 Å². The molecule has 0 bridgehead atoms. The fourth-order valence-electron chi connectivity index (χ4n) is 2.51. The molecule has 0 aromatic carbocycles. The summed E-state index contributed by atoms with van der Waals surface area (Å²) < 4.78 is 0. The Bertz CT molecular complexity index is 279. The van der Waals surface area contributed by atoms with Gasteiger partial charge < -0.3 is 5.11 Å². The minimum absolute atomic E-state index is 0.426. The smallest absolute Gasteiger partial charge is 0.110 e. The Morgan fingerprint density at radius 3 is 2.79 bits per heavy atom. The topological polar surface area (TPSA) is 33.1 Å². The van der Waals surface area contributed by atoms with Crippen LogP contribution in [-0.2, 0) is 5.60 Å². The summed E-state index contributed by atoms with van der Waals surface area (Å²) in [4.78, 5) is 4.27. The largest absolute Gasteiger partial charge is 0.383 e. The second kappa shape index (κ2) is 3.99. The molecule has 0 saturated heterocycles. The molecule has 2 nitrogen and oxygen atoms in total. The van der Waals surface area contributed by atoms with Crippen LogP contribution in [0.2, 0.25) is 0 Å². The van der Waals surface area contributed by atoms with E-state index in [9.17, 15) is 5.11 Å². The number of hydrogen-bond acceptors (Lipinski definition) is 3. The summed E-state index contributed by atoms with van der Waals surface area (Å²) in [5.74, 6) is 0.426. The van der Waals surface area contributed by atoms with E-state index in [1.54, 1.807) is 11.3 Å². The van der Waals surface area contributed by atoms with Crippen LogP contribution in [0.5, 0.6) is 0 Å². The first-order valence-corrected chi connectivity index (χ1v) is 6.32. The van der Waals surface area contributed by atoms with Crippen LogP contribution in [0.15, 0.2) is 10.9 Å². The molecule has 14 heavy (non-hydrogen) atoms. The van der Waals surface area contributed by atoms with E-state index in [0.29, 0.717) is 5.92 Å². The Balaban J connectivity index is 2.24. The molecule has 3 heteroatoms. The van der Waals surface area contributed by atoms with Crippen LogP contribution in [0.3, 0.4) is 0 Å². The molecule has 1 aliphatic rings. The quantitative estimate of drug-likeness (QED) is 0.834. The highest BCUT2D eigenvalue weighted by molar-refractivity contribution is 7.07. The minimum Gasteiger partial charge on any atom is -0.383 e. The highest BCUT2D eigenvalue weighted by Gasteiger charge is 2.39. The van der Waals surface area contributed by atoms with Crippen molar-refractivity contribution in [3.05, 3.63) is 16.6 Å². The van der Waals surface area contributed by atoms with Gasteiger partial charge in [0, 0.05) is 5.38 Å². The van der Waals surface area contributed by atoms with E-state index in [2.05, 4.69) is 11.9 Å². The van der Waals surface area contributed by atoms with E-state index in [-0.39, 0.29) is 0 Å². The third-order valence-electron chi connectivity index (χ3n) is 3.45. The average Bonchev–Trinajstić information content (AvgIpc) is 2.88. The molecule has 1 N–H and O–H groups in total. The zero-order valence-corrected chi connectivity index (χ0v) is 9.39. The van der Waals surface area contributed by atoms with Crippen molar-refractivity contribution in [1.82, 2.24) is 4.98 Å². The van der Waals surface area contributed by atoms with Gasteiger partial charge in [-0.25, -0.2) is 4.98 Å². The number of aromatic nitrogens is 1. The van der Waals surface area contributed by atoms with Crippen LogP contribution in [0.25, 0.3) is 0 Å². The van der Waals surface area contributed by atoms with Gasteiger partial charge in [0.05, 0.1) is 11.2 Å². The van der Waals surface area contributed by atoms with E-state index >= 15 is 0 Å². The van der Waals surface area contributed by atoms with E-state index in [1.807, 2.05) is 10.9 Å². The predicted molar refractivity (Wildman–Crippen MR) is 58.3 cm³/mol. The summed E-state index contributed by atoms with van der Waals surface area (Å²) in [6, 6.07) is 0. The Kier molecular flexibility index (Phi) is 2.88. The second-order valence-corrected chi connectivity index (χ2v) is 4.85. The number of nitrogens with zero attached hydrogens (tertiary/aromatic N) is 1. The summed E-state index contributed by atoms with van der Waals surface area (Å²) in [6.07, 6.45) is 5.61. The van der Waals surface area contributed by atoms with E-state index in [0.717, 1.165) is 25.0 Å². The van der Waals surface area contributed by atoms with Crippen LogP contribution in [0.1, 0.15) is 44.7 Å². The Morgan fingerprint density at radius 1 is 1.57 bits per heavy atom. The van der Waals surface area contributed by atoms with Gasteiger partial charge in [-0.15, -0.1) is 11.3 Å². The second-order valence-electron chi connectivity index (χ2n) is 4.13. The van der Waals surface area contributed by atoms with Gasteiger partial charge in [0.15, 0.2) is 0 Å². The van der Waals surface area contributed by atoms with Gasteiger partial charge in [0.2, 0.25) is 0 Å². The van der Waals surface area contributed by atoms with Crippen LogP contribution in [0.4, 0.5) is 0 Å². The SMILES string of the molecule is CCC(O)(c1cscn1)C1CCCC1. The zero-order chi connectivity index (χ0) is 10.0. The molecule has 1 saturated carbocycles. The van der Waals surface area contributed by atoms with E-state index in [4.69, 9.17) is 0 Å². The molecule has 1 aromatic heterocycles. The standard InChI is InChI=1S/C11H17NOS/c1-2-11(13,9-5-3-4-6-9)10-7-14-8-12-10/h7-9,13H,2-6H2,1H3. The first-order chi connectivity index (χ1) is 6.77. The van der Waals surface area contributed by atoms with Gasteiger partial charge in [0.25, 0.3) is 0 Å². The van der Waals surface area contributed by atoms with Crippen molar-refractivity contribution in [3.63, 3.8) is 0 Å². The number of thiazole rings is 1. The maximum Gasteiger partial charge on any atom is 0.110 e. The summed E-state index contributed by atoms with van der Waals surface area (Å²) >= 11 is 1.57. The Morgan fingerprint density at radius 2 is 2.29 bits per heavy atom. The molecular weight excluding hydrogens is 194 g/mol. The first-order valence-electron chi connectivity index (χ1n) is 5.38. The average molecular weight is 211 g/mol. The number of aliphatic hydroxyl groups is 1. The lowest BCUT2D eigenvalue weighted by molar-refractivity contribution is -0.0290. The fourth-order valence-corrected chi connectivity index (χ4v) is 3.14. The molecule has 78 valence electrons. The normalized spacial score (nSPS) is 22.4. The highest BCUT2D eigenvalue weighted by atomic mass is 32.1. The van der Waals surface area contributed by atoms with Crippen LogP contribution >= 0.6 is 11.3 Å².